The average molecular weight is 415 g/mol. The monoisotopic (exact) mass is 415 g/mol. The standard InChI is InChI=1S/C22H17N5O4/c1-12-6-8-14(9-7-12)27-20-16(11-23-27)18(28)17(21(29)25-20)22-24-19(26-31-22)13-4-3-5-15(10-13)30-2/h3-11H,1-2H3,(H2,25,28,29). The van der Waals surface area contributed by atoms with Gasteiger partial charge in [-0.15, -0.1) is 0 Å². The number of aromatic hydroxyl groups is 1. The van der Waals surface area contributed by atoms with Gasteiger partial charge in [-0.3, -0.25) is 4.79 Å². The molecule has 0 aliphatic rings. The van der Waals surface area contributed by atoms with Gasteiger partial charge < -0.3 is 19.4 Å². The van der Waals surface area contributed by atoms with E-state index in [0.717, 1.165) is 11.3 Å². The van der Waals surface area contributed by atoms with Crippen molar-refractivity contribution in [3.8, 4) is 40.0 Å². The van der Waals surface area contributed by atoms with E-state index in [1.165, 1.54) is 6.20 Å². The highest BCUT2D eigenvalue weighted by Crippen LogP contribution is 2.33. The second-order valence-electron chi connectivity index (χ2n) is 6.99. The molecule has 154 valence electrons. The molecule has 5 rings (SSSR count). The molecule has 0 saturated heterocycles. The Bertz CT molecular complexity index is 1460. The Hall–Kier alpha value is -4.40. The Kier molecular flexibility index (Phi) is 4.28. The Morgan fingerprint density at radius 3 is 2.74 bits per heavy atom. The molecule has 0 bridgehead atoms. The number of benzene rings is 2. The van der Waals surface area contributed by atoms with Crippen LogP contribution in [0.15, 0.2) is 64.0 Å². The zero-order valence-electron chi connectivity index (χ0n) is 16.7. The van der Waals surface area contributed by atoms with Crippen LogP contribution in [0.5, 0.6) is 11.5 Å². The third-order valence-electron chi connectivity index (χ3n) is 4.97. The van der Waals surface area contributed by atoms with Gasteiger partial charge in [-0.05, 0) is 31.2 Å². The van der Waals surface area contributed by atoms with Crippen LogP contribution in [-0.2, 0) is 0 Å². The van der Waals surface area contributed by atoms with Crippen LogP contribution in [-0.4, -0.2) is 37.1 Å². The van der Waals surface area contributed by atoms with Crippen molar-refractivity contribution in [1.29, 1.82) is 0 Å². The van der Waals surface area contributed by atoms with Crippen LogP contribution < -0.4 is 10.3 Å². The normalized spacial score (nSPS) is 11.2. The number of ether oxygens (including phenoxy) is 1. The number of aromatic amines is 1. The van der Waals surface area contributed by atoms with Gasteiger partial charge in [-0.1, -0.05) is 35.0 Å². The van der Waals surface area contributed by atoms with Gasteiger partial charge in [0.2, 0.25) is 5.82 Å². The van der Waals surface area contributed by atoms with Crippen molar-refractivity contribution in [1.82, 2.24) is 24.9 Å². The van der Waals surface area contributed by atoms with E-state index in [-0.39, 0.29) is 23.0 Å². The van der Waals surface area contributed by atoms with Crippen LogP contribution in [0.1, 0.15) is 5.56 Å². The number of hydrogen-bond donors (Lipinski definition) is 2. The van der Waals surface area contributed by atoms with Crippen LogP contribution in [0.2, 0.25) is 0 Å². The van der Waals surface area contributed by atoms with E-state index in [1.807, 2.05) is 31.2 Å². The van der Waals surface area contributed by atoms with Gasteiger partial charge in [0.25, 0.3) is 11.4 Å². The molecule has 3 aromatic heterocycles. The molecular formula is C22H17N5O4. The van der Waals surface area contributed by atoms with Crippen LogP contribution >= 0.6 is 0 Å². The van der Waals surface area contributed by atoms with Gasteiger partial charge in [0.15, 0.2) is 0 Å². The summed E-state index contributed by atoms with van der Waals surface area (Å²) in [7, 11) is 1.56. The maximum Gasteiger partial charge on any atom is 0.267 e. The van der Waals surface area contributed by atoms with Gasteiger partial charge in [-0.25, -0.2) is 4.68 Å². The largest absolute Gasteiger partial charge is 0.506 e. The highest BCUT2D eigenvalue weighted by molar-refractivity contribution is 5.89. The van der Waals surface area contributed by atoms with Gasteiger partial charge >= 0.3 is 0 Å². The Morgan fingerprint density at radius 2 is 1.97 bits per heavy atom. The van der Waals surface area contributed by atoms with E-state index in [9.17, 15) is 9.90 Å². The van der Waals surface area contributed by atoms with Gasteiger partial charge in [-0.2, -0.15) is 10.1 Å². The molecule has 0 fully saturated rings. The number of nitrogens with zero attached hydrogens (tertiary/aromatic N) is 4. The number of hydrogen-bond acceptors (Lipinski definition) is 7. The van der Waals surface area contributed by atoms with Crippen molar-refractivity contribution in [2.75, 3.05) is 7.11 Å². The number of fused-ring (bicyclic) bond motifs is 1. The van der Waals surface area contributed by atoms with E-state index in [1.54, 1.807) is 36.1 Å². The molecule has 3 heterocycles. The van der Waals surface area contributed by atoms with Crippen molar-refractivity contribution < 1.29 is 14.4 Å². The van der Waals surface area contributed by atoms with Crippen LogP contribution in [0, 0.1) is 6.92 Å². The summed E-state index contributed by atoms with van der Waals surface area (Å²) in [4.78, 5) is 19.9. The summed E-state index contributed by atoms with van der Waals surface area (Å²) in [6.07, 6.45) is 1.48. The van der Waals surface area contributed by atoms with Crippen molar-refractivity contribution in [2.24, 2.45) is 0 Å². The number of rotatable bonds is 4. The minimum atomic E-state index is -0.570. The summed E-state index contributed by atoms with van der Waals surface area (Å²) >= 11 is 0. The smallest absolute Gasteiger partial charge is 0.267 e. The highest BCUT2D eigenvalue weighted by Gasteiger charge is 2.22. The molecule has 0 aliphatic heterocycles. The number of methoxy groups -OCH3 is 1. The Balaban J connectivity index is 1.61. The first kappa shape index (κ1) is 18.6. The van der Waals surface area contributed by atoms with Crippen LogP contribution in [0.3, 0.4) is 0 Å². The predicted octanol–water partition coefficient (Wildman–Crippen LogP) is 3.45. The quantitative estimate of drug-likeness (QED) is 0.461. The summed E-state index contributed by atoms with van der Waals surface area (Å²) < 4.78 is 12.0. The second kappa shape index (κ2) is 7.13. The summed E-state index contributed by atoms with van der Waals surface area (Å²) in [5.41, 5.74) is 2.18. The predicted molar refractivity (Wildman–Crippen MR) is 113 cm³/mol. The number of aromatic nitrogens is 5. The van der Waals surface area contributed by atoms with Crippen molar-refractivity contribution >= 4 is 11.0 Å². The molecule has 0 radical (unpaired) electrons. The first-order valence-corrected chi connectivity index (χ1v) is 9.43. The van der Waals surface area contributed by atoms with Crippen molar-refractivity contribution in [2.45, 2.75) is 6.92 Å². The maximum absolute atomic E-state index is 12.8. The molecular weight excluding hydrogens is 398 g/mol. The number of aryl methyl sites for hydroxylation is 1. The highest BCUT2D eigenvalue weighted by atomic mass is 16.5. The van der Waals surface area contributed by atoms with Crippen LogP contribution in [0.4, 0.5) is 0 Å². The Labute approximate surface area is 175 Å². The zero-order valence-corrected chi connectivity index (χ0v) is 16.7. The van der Waals surface area contributed by atoms with E-state index >= 15 is 0 Å². The van der Waals surface area contributed by atoms with Crippen LogP contribution in [0.25, 0.3) is 39.6 Å². The first-order valence-electron chi connectivity index (χ1n) is 9.43. The fraction of sp³-hybridized carbons (Fsp3) is 0.0909. The molecule has 0 aliphatic carbocycles. The third kappa shape index (κ3) is 3.12. The van der Waals surface area contributed by atoms with Gasteiger partial charge in [0.1, 0.15) is 22.7 Å². The number of pyridine rings is 1. The van der Waals surface area contributed by atoms with E-state index in [4.69, 9.17) is 9.26 Å². The molecule has 2 N–H and O–H groups in total. The lowest BCUT2D eigenvalue weighted by atomic mass is 10.2. The molecule has 0 unspecified atom stereocenters. The van der Waals surface area contributed by atoms with Crippen molar-refractivity contribution in [3.05, 3.63) is 70.6 Å². The topological polar surface area (TPSA) is 119 Å². The Morgan fingerprint density at radius 1 is 1.16 bits per heavy atom. The lowest BCUT2D eigenvalue weighted by molar-refractivity contribution is 0.414. The molecule has 0 atom stereocenters. The summed E-state index contributed by atoms with van der Waals surface area (Å²) in [5, 5.41) is 19.4. The van der Waals surface area contributed by atoms with Gasteiger partial charge in [0.05, 0.1) is 24.4 Å². The molecule has 9 heteroatoms. The SMILES string of the molecule is COc1cccc(-c2noc(-c3c(O)c4cnn(-c5ccc(C)cc5)c4[nH]c3=O)n2)c1. The molecule has 9 nitrogen and oxygen atoms in total. The lowest BCUT2D eigenvalue weighted by Gasteiger charge is -2.05. The summed E-state index contributed by atoms with van der Waals surface area (Å²) in [6.45, 7) is 1.98. The molecule has 2 aromatic carbocycles. The van der Waals surface area contributed by atoms with Crippen molar-refractivity contribution in [3.63, 3.8) is 0 Å². The second-order valence-corrected chi connectivity index (χ2v) is 6.99. The average Bonchev–Trinajstić information content (AvgIpc) is 3.42. The third-order valence-corrected chi connectivity index (χ3v) is 4.97. The first-order chi connectivity index (χ1) is 15.0. The molecule has 0 saturated carbocycles. The molecule has 31 heavy (non-hydrogen) atoms. The zero-order chi connectivity index (χ0) is 21.5. The summed E-state index contributed by atoms with van der Waals surface area (Å²) in [6, 6.07) is 14.7. The van der Waals surface area contributed by atoms with E-state index < -0.39 is 5.56 Å². The molecule has 0 spiro atoms. The fourth-order valence-electron chi connectivity index (χ4n) is 3.34. The van der Waals surface area contributed by atoms with E-state index in [2.05, 4.69) is 20.2 Å². The minimum Gasteiger partial charge on any atom is -0.506 e. The number of H-pyrrole nitrogens is 1. The molecule has 0 amide bonds. The maximum atomic E-state index is 12.8. The number of nitrogens with one attached hydrogen (secondary N) is 1. The fourth-order valence-corrected chi connectivity index (χ4v) is 3.34. The van der Waals surface area contributed by atoms with Gasteiger partial charge in [0, 0.05) is 5.56 Å². The lowest BCUT2D eigenvalue weighted by Crippen LogP contribution is -2.11. The van der Waals surface area contributed by atoms with E-state index in [0.29, 0.717) is 22.3 Å². The molecule has 5 aromatic rings. The minimum absolute atomic E-state index is 0.0958. The summed E-state index contributed by atoms with van der Waals surface area (Å²) in [5.74, 6) is 0.525.